The van der Waals surface area contributed by atoms with Gasteiger partial charge >= 0.3 is 0 Å². The molecular formula is C24H27Cl2N3O4. The fourth-order valence-corrected chi connectivity index (χ4v) is 3.61. The van der Waals surface area contributed by atoms with Crippen molar-refractivity contribution in [3.8, 4) is 17.0 Å². The highest BCUT2D eigenvalue weighted by Gasteiger charge is 2.25. The minimum atomic E-state index is -0.643. The third-order valence-corrected chi connectivity index (χ3v) is 5.34. The molecule has 0 saturated heterocycles. The largest absolute Gasteiger partial charge is 0.491 e. The Labute approximate surface area is 203 Å². The van der Waals surface area contributed by atoms with E-state index in [0.29, 0.717) is 39.4 Å². The fraction of sp³-hybridized carbons (Fsp3) is 0.333. The first-order valence-corrected chi connectivity index (χ1v) is 11.2. The number of carbonyl (C=O) groups is 1. The van der Waals surface area contributed by atoms with E-state index in [1.807, 2.05) is 20.8 Å². The average molecular weight is 492 g/mol. The molecule has 0 fully saturated rings. The van der Waals surface area contributed by atoms with Gasteiger partial charge < -0.3 is 25.0 Å². The predicted octanol–water partition coefficient (Wildman–Crippen LogP) is 5.34. The number of nitrogens with one attached hydrogen (secondary N) is 2. The van der Waals surface area contributed by atoms with Crippen molar-refractivity contribution >= 4 is 34.8 Å². The number of aromatic nitrogens is 1. The first kappa shape index (κ1) is 25.1. The average Bonchev–Trinajstić information content (AvgIpc) is 3.12. The number of ether oxygens (including phenoxy) is 1. The van der Waals surface area contributed by atoms with Crippen LogP contribution in [0.3, 0.4) is 0 Å². The molecule has 7 nitrogen and oxygen atoms in total. The predicted molar refractivity (Wildman–Crippen MR) is 130 cm³/mol. The van der Waals surface area contributed by atoms with Crippen LogP contribution in [0.2, 0.25) is 10.0 Å². The van der Waals surface area contributed by atoms with Gasteiger partial charge in [0.05, 0.1) is 10.0 Å². The number of rotatable bonds is 8. The Morgan fingerprint density at radius 3 is 2.39 bits per heavy atom. The lowest BCUT2D eigenvalue weighted by atomic mass is 10.1. The van der Waals surface area contributed by atoms with Crippen molar-refractivity contribution in [2.45, 2.75) is 39.3 Å². The first-order valence-electron chi connectivity index (χ1n) is 10.4. The molecular weight excluding hydrogens is 465 g/mol. The lowest BCUT2D eigenvalue weighted by molar-refractivity contribution is 0.100. The van der Waals surface area contributed by atoms with E-state index in [1.165, 1.54) is 0 Å². The molecule has 1 atom stereocenters. The molecule has 0 spiro atoms. The normalized spacial score (nSPS) is 12.5. The highest BCUT2D eigenvalue weighted by Crippen LogP contribution is 2.37. The monoisotopic (exact) mass is 491 g/mol. The Morgan fingerprint density at radius 2 is 1.79 bits per heavy atom. The highest BCUT2D eigenvalue weighted by molar-refractivity contribution is 6.39. The molecule has 9 heteroatoms. The molecule has 3 aromatic rings. The summed E-state index contributed by atoms with van der Waals surface area (Å²) in [6.45, 7) is 8.30. The number of benzene rings is 2. The van der Waals surface area contributed by atoms with Gasteiger partial charge in [-0.2, -0.15) is 0 Å². The van der Waals surface area contributed by atoms with E-state index in [-0.39, 0.29) is 23.4 Å². The molecule has 0 aliphatic heterocycles. The van der Waals surface area contributed by atoms with Gasteiger partial charge in [-0.3, -0.25) is 4.79 Å². The van der Waals surface area contributed by atoms with Gasteiger partial charge in [-0.15, -0.1) is 0 Å². The van der Waals surface area contributed by atoms with E-state index >= 15 is 0 Å². The zero-order valence-electron chi connectivity index (χ0n) is 18.9. The fourth-order valence-electron chi connectivity index (χ4n) is 3.04. The van der Waals surface area contributed by atoms with E-state index in [1.54, 1.807) is 49.4 Å². The molecule has 0 radical (unpaired) electrons. The molecule has 1 aromatic heterocycles. The summed E-state index contributed by atoms with van der Waals surface area (Å²) in [5.74, 6) is 0.515. The summed E-state index contributed by atoms with van der Waals surface area (Å²) < 4.78 is 10.9. The zero-order chi connectivity index (χ0) is 24.2. The molecule has 3 rings (SSSR count). The van der Waals surface area contributed by atoms with E-state index in [9.17, 15) is 9.90 Å². The summed E-state index contributed by atoms with van der Waals surface area (Å²) in [4.78, 5) is 13.0. The molecule has 3 N–H and O–H groups in total. The summed E-state index contributed by atoms with van der Waals surface area (Å²) in [6.07, 6.45) is -0.643. The van der Waals surface area contributed by atoms with E-state index in [4.69, 9.17) is 32.5 Å². The van der Waals surface area contributed by atoms with Gasteiger partial charge in [-0.1, -0.05) is 34.4 Å². The Balaban J connectivity index is 1.66. The summed E-state index contributed by atoms with van der Waals surface area (Å²) in [5, 5.41) is 20.8. The second kappa shape index (κ2) is 10.6. The molecule has 1 unspecified atom stereocenters. The third-order valence-electron chi connectivity index (χ3n) is 4.71. The van der Waals surface area contributed by atoms with Crippen LogP contribution in [0.4, 0.5) is 5.69 Å². The van der Waals surface area contributed by atoms with Crippen molar-refractivity contribution in [2.24, 2.45) is 0 Å². The maximum Gasteiger partial charge on any atom is 0.261 e. The number of hydrogen-bond donors (Lipinski definition) is 3. The lowest BCUT2D eigenvalue weighted by Crippen LogP contribution is -2.42. The molecule has 1 amide bonds. The van der Waals surface area contributed by atoms with Crippen molar-refractivity contribution in [2.75, 3.05) is 18.5 Å². The van der Waals surface area contributed by atoms with Crippen molar-refractivity contribution in [3.05, 3.63) is 63.8 Å². The molecule has 33 heavy (non-hydrogen) atoms. The third kappa shape index (κ3) is 6.71. The van der Waals surface area contributed by atoms with Crippen LogP contribution < -0.4 is 15.4 Å². The Bertz CT molecular complexity index is 1090. The number of aliphatic hydroxyl groups excluding tert-OH is 1. The summed E-state index contributed by atoms with van der Waals surface area (Å²) in [7, 11) is 0. The lowest BCUT2D eigenvalue weighted by Gasteiger charge is -2.23. The van der Waals surface area contributed by atoms with Crippen LogP contribution in [-0.4, -0.2) is 41.0 Å². The Morgan fingerprint density at radius 1 is 1.15 bits per heavy atom. The number of halogens is 2. The number of amides is 1. The second-order valence-electron chi connectivity index (χ2n) is 8.63. The standard InChI is InChI=1S/C24H27Cl2N3O4/c1-14-20(22(29-33-14)21-18(25)6-5-7-19(21)26)23(31)28-15-8-10-17(11-9-15)32-13-16(30)12-27-24(2,3)4/h5-11,16,27,30H,12-13H2,1-4H3,(H,28,31). The van der Waals surface area contributed by atoms with Crippen LogP contribution in [0.15, 0.2) is 47.0 Å². The van der Waals surface area contributed by atoms with Gasteiger partial charge in [-0.05, 0) is 64.1 Å². The van der Waals surface area contributed by atoms with Gasteiger partial charge in [0, 0.05) is 23.3 Å². The number of anilines is 1. The topological polar surface area (TPSA) is 96.6 Å². The minimum absolute atomic E-state index is 0.0826. The van der Waals surface area contributed by atoms with Crippen LogP contribution in [0.25, 0.3) is 11.3 Å². The van der Waals surface area contributed by atoms with E-state index in [2.05, 4.69) is 15.8 Å². The summed E-state index contributed by atoms with van der Waals surface area (Å²) >= 11 is 12.6. The zero-order valence-corrected chi connectivity index (χ0v) is 20.4. The van der Waals surface area contributed by atoms with Gasteiger partial charge in [0.25, 0.3) is 5.91 Å². The van der Waals surface area contributed by atoms with Crippen molar-refractivity contribution in [1.29, 1.82) is 0 Å². The number of β-amino-alcohol motifs (C(OH)–C–C–N with tert-alkyl or cyclic N) is 1. The highest BCUT2D eigenvalue weighted by atomic mass is 35.5. The van der Waals surface area contributed by atoms with Crippen LogP contribution >= 0.6 is 23.2 Å². The maximum atomic E-state index is 13.0. The summed E-state index contributed by atoms with van der Waals surface area (Å²) in [6, 6.07) is 11.9. The molecule has 2 aromatic carbocycles. The molecule has 0 saturated carbocycles. The number of hydrogen-bond acceptors (Lipinski definition) is 6. The number of aliphatic hydroxyl groups is 1. The Kier molecular flexibility index (Phi) is 8.02. The van der Waals surface area contributed by atoms with Crippen LogP contribution in [0, 0.1) is 6.92 Å². The molecule has 0 aliphatic carbocycles. The van der Waals surface area contributed by atoms with E-state index < -0.39 is 12.0 Å². The maximum absolute atomic E-state index is 13.0. The SMILES string of the molecule is Cc1onc(-c2c(Cl)cccc2Cl)c1C(=O)Nc1ccc(OCC(O)CNC(C)(C)C)cc1. The number of carbonyl (C=O) groups excluding carboxylic acids is 1. The van der Waals surface area contributed by atoms with Crippen molar-refractivity contribution in [3.63, 3.8) is 0 Å². The van der Waals surface area contributed by atoms with Crippen LogP contribution in [0.5, 0.6) is 5.75 Å². The number of aryl methyl sites for hydroxylation is 1. The Hall–Kier alpha value is -2.58. The second-order valence-corrected chi connectivity index (χ2v) is 9.45. The minimum Gasteiger partial charge on any atom is -0.491 e. The van der Waals surface area contributed by atoms with Gasteiger partial charge in [0.1, 0.15) is 35.5 Å². The quantitative estimate of drug-likeness (QED) is 0.393. The van der Waals surface area contributed by atoms with E-state index in [0.717, 1.165) is 0 Å². The first-order chi connectivity index (χ1) is 15.5. The van der Waals surface area contributed by atoms with Crippen molar-refractivity contribution < 1.29 is 19.2 Å². The van der Waals surface area contributed by atoms with Gasteiger partial charge in [0.15, 0.2) is 0 Å². The van der Waals surface area contributed by atoms with Crippen molar-refractivity contribution in [1.82, 2.24) is 10.5 Å². The van der Waals surface area contributed by atoms with Gasteiger partial charge in [-0.25, -0.2) is 0 Å². The molecule has 1 heterocycles. The van der Waals surface area contributed by atoms with Gasteiger partial charge in [0.2, 0.25) is 0 Å². The molecule has 0 aliphatic rings. The summed E-state index contributed by atoms with van der Waals surface area (Å²) in [5.41, 5.74) is 1.43. The molecule has 0 bridgehead atoms. The van der Waals surface area contributed by atoms with Crippen LogP contribution in [0.1, 0.15) is 36.9 Å². The molecule has 176 valence electrons. The van der Waals surface area contributed by atoms with Crippen LogP contribution in [-0.2, 0) is 0 Å². The number of nitrogens with zero attached hydrogens (tertiary/aromatic N) is 1. The smallest absolute Gasteiger partial charge is 0.261 e.